The van der Waals surface area contributed by atoms with Crippen LogP contribution in [0, 0.1) is 5.82 Å². The Balaban J connectivity index is 2.18. The molecule has 8 heteroatoms. The number of carbonyl (C=O) groups excluding carboxylic acids is 3. The molecule has 0 fully saturated rings. The predicted octanol–water partition coefficient (Wildman–Crippen LogP) is 1.37. The number of hydrogen-bond acceptors (Lipinski definition) is 5. The molecule has 0 aliphatic rings. The van der Waals surface area contributed by atoms with Gasteiger partial charge in [0.1, 0.15) is 11.6 Å². The lowest BCUT2D eigenvalue weighted by Gasteiger charge is -2.08. The molecule has 0 aromatic heterocycles. The quantitative estimate of drug-likeness (QED) is 0.556. The molecule has 0 aliphatic carbocycles. The first-order chi connectivity index (χ1) is 11.0. The highest BCUT2D eigenvalue weighted by atomic mass is 19.1. The Kier molecular flexibility index (Phi) is 8.12. The lowest BCUT2D eigenvalue weighted by atomic mass is 10.3. The molecule has 0 radical (unpaired) electrons. The van der Waals surface area contributed by atoms with Gasteiger partial charge in [0, 0.05) is 6.54 Å². The summed E-state index contributed by atoms with van der Waals surface area (Å²) in [6, 6.07) is 4.45. The molecule has 23 heavy (non-hydrogen) atoms. The number of amides is 3. The van der Waals surface area contributed by atoms with Gasteiger partial charge in [0.15, 0.2) is 13.2 Å². The summed E-state index contributed by atoms with van der Waals surface area (Å²) < 4.78 is 22.4. The summed E-state index contributed by atoms with van der Waals surface area (Å²) in [6.07, 6.45) is 1.72. The maximum Gasteiger partial charge on any atom is 0.344 e. The molecule has 1 rings (SSSR count). The second-order valence-electron chi connectivity index (χ2n) is 4.56. The molecule has 0 spiro atoms. The highest BCUT2D eigenvalue weighted by Crippen LogP contribution is 2.10. The van der Waals surface area contributed by atoms with Crippen molar-refractivity contribution < 1.29 is 28.2 Å². The summed E-state index contributed by atoms with van der Waals surface area (Å²) in [7, 11) is 0. The van der Waals surface area contributed by atoms with E-state index in [0.29, 0.717) is 12.3 Å². The lowest BCUT2D eigenvalue weighted by molar-refractivity contribution is -0.150. The van der Waals surface area contributed by atoms with Crippen molar-refractivity contribution in [1.82, 2.24) is 10.6 Å². The van der Waals surface area contributed by atoms with Crippen molar-refractivity contribution in [2.24, 2.45) is 0 Å². The van der Waals surface area contributed by atoms with E-state index in [4.69, 9.17) is 4.74 Å². The summed E-state index contributed by atoms with van der Waals surface area (Å²) in [5.41, 5.74) is 0. The molecule has 7 nitrogen and oxygen atoms in total. The Morgan fingerprint density at radius 2 is 1.83 bits per heavy atom. The van der Waals surface area contributed by atoms with E-state index in [9.17, 15) is 18.8 Å². The fraction of sp³-hybridized carbons (Fsp3) is 0.400. The maximum absolute atomic E-state index is 12.7. The van der Waals surface area contributed by atoms with Crippen LogP contribution in [-0.2, 0) is 14.3 Å². The molecule has 0 atom stereocenters. The number of carbonyl (C=O) groups is 3. The average Bonchev–Trinajstić information content (AvgIpc) is 2.52. The minimum atomic E-state index is -0.782. The summed E-state index contributed by atoms with van der Waals surface area (Å²) in [5, 5.41) is 4.51. The number of hydrogen-bond donors (Lipinski definition) is 2. The van der Waals surface area contributed by atoms with Crippen molar-refractivity contribution in [3.8, 4) is 5.75 Å². The Hall–Kier alpha value is -2.64. The summed E-state index contributed by atoms with van der Waals surface area (Å²) >= 11 is 0. The Morgan fingerprint density at radius 1 is 1.13 bits per heavy atom. The SMILES string of the molecule is CCCCNC(=O)NC(=O)COC(=O)COc1ccc(F)cc1. The summed E-state index contributed by atoms with van der Waals surface area (Å²) in [5.74, 6) is -1.65. The minimum absolute atomic E-state index is 0.295. The molecular weight excluding hydrogens is 307 g/mol. The molecular formula is C15H19FN2O5. The van der Waals surface area contributed by atoms with Gasteiger partial charge in [0.2, 0.25) is 0 Å². The van der Waals surface area contributed by atoms with E-state index < -0.39 is 36.9 Å². The van der Waals surface area contributed by atoms with Gasteiger partial charge in [-0.15, -0.1) is 0 Å². The zero-order chi connectivity index (χ0) is 17.1. The van der Waals surface area contributed by atoms with Crippen molar-refractivity contribution in [2.75, 3.05) is 19.8 Å². The Labute approximate surface area is 133 Å². The van der Waals surface area contributed by atoms with Gasteiger partial charge in [-0.3, -0.25) is 10.1 Å². The topological polar surface area (TPSA) is 93.7 Å². The number of esters is 1. The van der Waals surface area contributed by atoms with E-state index >= 15 is 0 Å². The first kappa shape index (κ1) is 18.4. The van der Waals surface area contributed by atoms with E-state index in [2.05, 4.69) is 10.1 Å². The van der Waals surface area contributed by atoms with Crippen LogP contribution in [0.5, 0.6) is 5.75 Å². The summed E-state index contributed by atoms with van der Waals surface area (Å²) in [6.45, 7) is 1.41. The predicted molar refractivity (Wildman–Crippen MR) is 79.3 cm³/mol. The number of nitrogens with one attached hydrogen (secondary N) is 2. The van der Waals surface area contributed by atoms with Crippen LogP contribution in [0.25, 0.3) is 0 Å². The molecule has 1 aromatic rings. The van der Waals surface area contributed by atoms with E-state index in [0.717, 1.165) is 12.8 Å². The van der Waals surface area contributed by atoms with Crippen molar-refractivity contribution in [1.29, 1.82) is 0 Å². The molecule has 2 N–H and O–H groups in total. The van der Waals surface area contributed by atoms with Gasteiger partial charge >= 0.3 is 12.0 Å². The van der Waals surface area contributed by atoms with Crippen LogP contribution in [0.4, 0.5) is 9.18 Å². The highest BCUT2D eigenvalue weighted by molar-refractivity contribution is 5.95. The van der Waals surface area contributed by atoms with Gasteiger partial charge < -0.3 is 14.8 Å². The monoisotopic (exact) mass is 326 g/mol. The second-order valence-corrected chi connectivity index (χ2v) is 4.56. The van der Waals surface area contributed by atoms with E-state index in [1.807, 2.05) is 12.2 Å². The second kappa shape index (κ2) is 10.1. The molecule has 0 bridgehead atoms. The van der Waals surface area contributed by atoms with Crippen LogP contribution in [0.15, 0.2) is 24.3 Å². The number of imide groups is 1. The standard InChI is InChI=1S/C15H19FN2O5/c1-2-3-8-17-15(21)18-13(19)9-23-14(20)10-22-12-6-4-11(16)5-7-12/h4-7H,2-3,8-10H2,1H3,(H2,17,18,19,21). The van der Waals surface area contributed by atoms with Crippen molar-refractivity contribution in [3.05, 3.63) is 30.1 Å². The molecule has 0 saturated heterocycles. The van der Waals surface area contributed by atoms with Gasteiger partial charge in [0.05, 0.1) is 0 Å². The molecule has 1 aromatic carbocycles. The van der Waals surface area contributed by atoms with Crippen LogP contribution in [0.1, 0.15) is 19.8 Å². The largest absolute Gasteiger partial charge is 0.482 e. The third-order valence-corrected chi connectivity index (χ3v) is 2.60. The van der Waals surface area contributed by atoms with Gasteiger partial charge in [-0.25, -0.2) is 14.0 Å². The number of rotatable bonds is 8. The fourth-order valence-electron chi connectivity index (χ4n) is 1.45. The van der Waals surface area contributed by atoms with Crippen LogP contribution in [0.2, 0.25) is 0 Å². The number of halogens is 1. The number of urea groups is 1. The Bertz CT molecular complexity index is 533. The normalized spacial score (nSPS) is 9.83. The van der Waals surface area contributed by atoms with Gasteiger partial charge in [-0.05, 0) is 30.7 Å². The molecule has 0 unspecified atom stereocenters. The number of ether oxygens (including phenoxy) is 2. The van der Waals surface area contributed by atoms with Crippen LogP contribution < -0.4 is 15.4 Å². The van der Waals surface area contributed by atoms with Crippen molar-refractivity contribution >= 4 is 17.9 Å². The van der Waals surface area contributed by atoms with E-state index in [1.165, 1.54) is 24.3 Å². The van der Waals surface area contributed by atoms with Crippen LogP contribution in [0.3, 0.4) is 0 Å². The smallest absolute Gasteiger partial charge is 0.344 e. The van der Waals surface area contributed by atoms with Gasteiger partial charge in [-0.1, -0.05) is 13.3 Å². The first-order valence-corrected chi connectivity index (χ1v) is 7.13. The maximum atomic E-state index is 12.7. The zero-order valence-corrected chi connectivity index (χ0v) is 12.8. The first-order valence-electron chi connectivity index (χ1n) is 7.13. The summed E-state index contributed by atoms with van der Waals surface area (Å²) in [4.78, 5) is 34.0. The lowest BCUT2D eigenvalue weighted by Crippen LogP contribution is -2.41. The van der Waals surface area contributed by atoms with E-state index in [1.54, 1.807) is 0 Å². The van der Waals surface area contributed by atoms with Crippen molar-refractivity contribution in [3.63, 3.8) is 0 Å². The third-order valence-electron chi connectivity index (χ3n) is 2.60. The number of unbranched alkanes of at least 4 members (excludes halogenated alkanes) is 1. The fourth-order valence-corrected chi connectivity index (χ4v) is 1.45. The van der Waals surface area contributed by atoms with Gasteiger partial charge in [-0.2, -0.15) is 0 Å². The molecule has 0 aliphatic heterocycles. The Morgan fingerprint density at radius 3 is 2.48 bits per heavy atom. The van der Waals surface area contributed by atoms with Crippen LogP contribution in [-0.4, -0.2) is 37.7 Å². The zero-order valence-electron chi connectivity index (χ0n) is 12.8. The molecule has 126 valence electrons. The highest BCUT2D eigenvalue weighted by Gasteiger charge is 2.11. The van der Waals surface area contributed by atoms with E-state index in [-0.39, 0.29) is 0 Å². The molecule has 0 saturated carbocycles. The number of benzene rings is 1. The average molecular weight is 326 g/mol. The molecule has 3 amide bonds. The molecule has 0 heterocycles. The van der Waals surface area contributed by atoms with Crippen molar-refractivity contribution in [2.45, 2.75) is 19.8 Å². The van der Waals surface area contributed by atoms with Crippen LogP contribution >= 0.6 is 0 Å². The minimum Gasteiger partial charge on any atom is -0.482 e. The third kappa shape index (κ3) is 8.40. The van der Waals surface area contributed by atoms with Gasteiger partial charge in [0.25, 0.3) is 5.91 Å².